The fourth-order valence-corrected chi connectivity index (χ4v) is 3.75. The highest BCUT2D eigenvalue weighted by molar-refractivity contribution is 9.10. The van der Waals surface area contributed by atoms with Crippen LogP contribution in [-0.4, -0.2) is 46.9 Å². The van der Waals surface area contributed by atoms with Crippen LogP contribution in [0.25, 0.3) is 0 Å². The molecule has 1 aliphatic rings. The monoisotopic (exact) mass is 372 g/mol. The van der Waals surface area contributed by atoms with Crippen LogP contribution in [0.4, 0.5) is 0 Å². The third kappa shape index (κ3) is 3.09. The van der Waals surface area contributed by atoms with Crippen LogP contribution in [0.5, 0.6) is 5.88 Å². The number of aromatic nitrogens is 3. The minimum absolute atomic E-state index is 0.102. The van der Waals surface area contributed by atoms with Gasteiger partial charge in [-0.1, -0.05) is 0 Å². The van der Waals surface area contributed by atoms with E-state index in [1.165, 1.54) is 16.8 Å². The summed E-state index contributed by atoms with van der Waals surface area (Å²) in [5, 5.41) is 0.102. The van der Waals surface area contributed by atoms with Crippen molar-refractivity contribution in [3.8, 4) is 5.88 Å². The molecule has 0 saturated carbocycles. The molecule has 1 aliphatic heterocycles. The molecule has 7 nitrogen and oxygen atoms in total. The van der Waals surface area contributed by atoms with E-state index < -0.39 is 10.0 Å². The number of halogens is 1. The summed E-state index contributed by atoms with van der Waals surface area (Å²) in [4.78, 5) is 10.5. The number of rotatable bonds is 4. The molecule has 1 N–H and O–H groups in total. The molecule has 0 aromatic carbocycles. The molecule has 112 valence electrons. The van der Waals surface area contributed by atoms with E-state index in [9.17, 15) is 8.42 Å². The normalized spacial score (nSPS) is 19.8. The van der Waals surface area contributed by atoms with Crippen LogP contribution < -0.4 is 4.74 Å². The minimum Gasteiger partial charge on any atom is -0.473 e. The van der Waals surface area contributed by atoms with Crippen LogP contribution in [0.3, 0.4) is 0 Å². The molecule has 21 heavy (non-hydrogen) atoms. The first-order valence-electron chi connectivity index (χ1n) is 6.32. The second-order valence-electron chi connectivity index (χ2n) is 4.62. The summed E-state index contributed by atoms with van der Waals surface area (Å²) in [6, 6.07) is 3.58. The third-order valence-corrected chi connectivity index (χ3v) is 5.45. The Morgan fingerprint density at radius 3 is 2.90 bits per heavy atom. The number of aromatic amines is 1. The molecule has 0 amide bonds. The van der Waals surface area contributed by atoms with Crippen molar-refractivity contribution < 1.29 is 13.2 Å². The molecule has 1 saturated heterocycles. The van der Waals surface area contributed by atoms with Gasteiger partial charge in [0.1, 0.15) is 6.10 Å². The molecule has 0 bridgehead atoms. The second kappa shape index (κ2) is 5.74. The number of nitrogens with zero attached hydrogens (tertiary/aromatic N) is 3. The lowest BCUT2D eigenvalue weighted by atomic mass is 10.3. The van der Waals surface area contributed by atoms with Gasteiger partial charge in [0.05, 0.1) is 19.1 Å². The summed E-state index contributed by atoms with van der Waals surface area (Å²) in [6.45, 7) is 0.724. The zero-order chi connectivity index (χ0) is 14.9. The Morgan fingerprint density at radius 1 is 1.38 bits per heavy atom. The maximum absolute atomic E-state index is 12.3. The zero-order valence-electron chi connectivity index (χ0n) is 10.9. The molecular formula is C12H13BrN4O3S. The van der Waals surface area contributed by atoms with E-state index in [0.717, 1.165) is 4.47 Å². The van der Waals surface area contributed by atoms with E-state index >= 15 is 0 Å². The lowest BCUT2D eigenvalue weighted by Gasteiger charge is -2.15. The average Bonchev–Trinajstić information content (AvgIpc) is 3.12. The number of nitrogens with one attached hydrogen (secondary N) is 1. The smallest absolute Gasteiger partial charge is 0.260 e. The highest BCUT2D eigenvalue weighted by Crippen LogP contribution is 2.22. The summed E-state index contributed by atoms with van der Waals surface area (Å²) in [5.41, 5.74) is 0. The van der Waals surface area contributed by atoms with E-state index in [1.807, 2.05) is 6.07 Å². The Hall–Kier alpha value is -1.45. The van der Waals surface area contributed by atoms with Crippen molar-refractivity contribution >= 4 is 26.0 Å². The van der Waals surface area contributed by atoms with E-state index in [2.05, 4.69) is 30.9 Å². The molecule has 3 rings (SSSR count). The van der Waals surface area contributed by atoms with Crippen LogP contribution in [0.1, 0.15) is 6.42 Å². The fraction of sp³-hybridized carbons (Fsp3) is 0.333. The highest BCUT2D eigenvalue weighted by Gasteiger charge is 2.34. The summed E-state index contributed by atoms with van der Waals surface area (Å²) >= 11 is 3.30. The number of pyridine rings is 1. The quantitative estimate of drug-likeness (QED) is 0.876. The van der Waals surface area contributed by atoms with Crippen molar-refractivity contribution in [1.82, 2.24) is 19.3 Å². The fourth-order valence-electron chi connectivity index (χ4n) is 2.14. The van der Waals surface area contributed by atoms with Crippen molar-refractivity contribution in [2.45, 2.75) is 17.6 Å². The number of hydrogen-bond donors (Lipinski definition) is 1. The SMILES string of the molecule is O=S(=O)(c1cnc[nH]1)N1CCC(Oc2ccc(Br)cn2)C1. The van der Waals surface area contributed by atoms with Gasteiger partial charge in [-0.3, -0.25) is 0 Å². The standard InChI is InChI=1S/C12H13BrN4O3S/c13-9-1-2-11(15-5-9)20-10-3-4-17(7-10)21(18,19)12-6-14-8-16-12/h1-2,5-6,8,10H,3-4,7H2,(H,14,16). The first kappa shape index (κ1) is 14.5. The molecule has 1 atom stereocenters. The van der Waals surface area contributed by atoms with Crippen LogP contribution in [0.2, 0.25) is 0 Å². The topological polar surface area (TPSA) is 88.2 Å². The molecule has 2 aromatic rings. The van der Waals surface area contributed by atoms with Crippen molar-refractivity contribution in [2.75, 3.05) is 13.1 Å². The third-order valence-electron chi connectivity index (χ3n) is 3.19. The van der Waals surface area contributed by atoms with Gasteiger partial charge in [0, 0.05) is 23.3 Å². The molecule has 0 aliphatic carbocycles. The molecule has 9 heteroatoms. The summed E-state index contributed by atoms with van der Waals surface area (Å²) < 4.78 is 32.6. The summed E-state index contributed by atoms with van der Waals surface area (Å²) in [6.07, 6.45) is 4.73. The number of H-pyrrole nitrogens is 1. The van der Waals surface area contributed by atoms with Crippen molar-refractivity contribution in [2.24, 2.45) is 0 Å². The van der Waals surface area contributed by atoms with Gasteiger partial charge in [-0.2, -0.15) is 4.31 Å². The van der Waals surface area contributed by atoms with Crippen molar-refractivity contribution in [3.63, 3.8) is 0 Å². The molecule has 0 spiro atoms. The largest absolute Gasteiger partial charge is 0.473 e. The first-order valence-corrected chi connectivity index (χ1v) is 8.56. The van der Waals surface area contributed by atoms with Gasteiger partial charge >= 0.3 is 0 Å². The summed E-state index contributed by atoms with van der Waals surface area (Å²) in [5.74, 6) is 0.490. The van der Waals surface area contributed by atoms with E-state index in [0.29, 0.717) is 25.4 Å². The Bertz CT molecular complexity index is 703. The lowest BCUT2D eigenvalue weighted by molar-refractivity contribution is 0.207. The number of imidazole rings is 1. The Labute approximate surface area is 130 Å². The minimum atomic E-state index is -3.52. The van der Waals surface area contributed by atoms with Crippen molar-refractivity contribution in [3.05, 3.63) is 35.3 Å². The van der Waals surface area contributed by atoms with E-state index in [1.54, 1.807) is 12.3 Å². The van der Waals surface area contributed by atoms with E-state index in [4.69, 9.17) is 4.74 Å². The number of hydrogen-bond acceptors (Lipinski definition) is 5. The van der Waals surface area contributed by atoms with Crippen molar-refractivity contribution in [1.29, 1.82) is 0 Å². The predicted molar refractivity (Wildman–Crippen MR) is 78.3 cm³/mol. The molecule has 3 heterocycles. The first-order chi connectivity index (χ1) is 10.1. The molecule has 2 aromatic heterocycles. The summed E-state index contributed by atoms with van der Waals surface area (Å²) in [7, 11) is -3.52. The number of sulfonamides is 1. The highest BCUT2D eigenvalue weighted by atomic mass is 79.9. The Kier molecular flexibility index (Phi) is 3.96. The molecule has 1 unspecified atom stereocenters. The van der Waals surface area contributed by atoms with Gasteiger partial charge in [-0.05, 0) is 28.4 Å². The Balaban J connectivity index is 1.67. The van der Waals surface area contributed by atoms with Gasteiger partial charge < -0.3 is 9.72 Å². The molecule has 0 radical (unpaired) electrons. The Morgan fingerprint density at radius 2 is 2.24 bits per heavy atom. The molecule has 1 fully saturated rings. The van der Waals surface area contributed by atoms with Crippen LogP contribution in [0.15, 0.2) is 40.4 Å². The van der Waals surface area contributed by atoms with Gasteiger partial charge in [0.15, 0.2) is 5.03 Å². The predicted octanol–water partition coefficient (Wildman–Crippen LogP) is 1.41. The van der Waals surface area contributed by atoms with Gasteiger partial charge in [0.25, 0.3) is 10.0 Å². The van der Waals surface area contributed by atoms with Crippen LogP contribution in [0, 0.1) is 0 Å². The van der Waals surface area contributed by atoms with Crippen LogP contribution >= 0.6 is 15.9 Å². The lowest BCUT2D eigenvalue weighted by Crippen LogP contribution is -2.31. The molecular weight excluding hydrogens is 360 g/mol. The van der Waals surface area contributed by atoms with Crippen LogP contribution in [-0.2, 0) is 10.0 Å². The number of ether oxygens (including phenoxy) is 1. The van der Waals surface area contributed by atoms with E-state index in [-0.39, 0.29) is 11.1 Å². The van der Waals surface area contributed by atoms with Gasteiger partial charge in [0.2, 0.25) is 5.88 Å². The van der Waals surface area contributed by atoms with Gasteiger partial charge in [-0.25, -0.2) is 18.4 Å². The van der Waals surface area contributed by atoms with Gasteiger partial charge in [-0.15, -0.1) is 0 Å². The average molecular weight is 373 g/mol. The maximum atomic E-state index is 12.3. The maximum Gasteiger partial charge on any atom is 0.260 e. The zero-order valence-corrected chi connectivity index (χ0v) is 13.3. The second-order valence-corrected chi connectivity index (χ2v) is 7.44.